The molecule has 0 N–H and O–H groups in total. The molecule has 0 bridgehead atoms. The van der Waals surface area contributed by atoms with E-state index in [0.717, 1.165) is 6.07 Å². The lowest BCUT2D eigenvalue weighted by Gasteiger charge is -2.08. The van der Waals surface area contributed by atoms with Gasteiger partial charge in [0.25, 0.3) is 0 Å². The summed E-state index contributed by atoms with van der Waals surface area (Å²) in [6, 6.07) is 8.71. The fraction of sp³-hybridized carbons (Fsp3) is 0.0769. The van der Waals surface area contributed by atoms with Crippen molar-refractivity contribution >= 4 is 21.6 Å². The number of hydrogen-bond acceptors (Lipinski definition) is 3. The summed E-state index contributed by atoms with van der Waals surface area (Å²) in [4.78, 5) is 10.5. The van der Waals surface area contributed by atoms with Crippen molar-refractivity contribution in [1.29, 1.82) is 0 Å². The number of nitro benzene ring substituents is 1. The number of ether oxygens (including phenoxy) is 1. The van der Waals surface area contributed by atoms with E-state index in [4.69, 9.17) is 4.74 Å². The molecule has 0 aromatic heterocycles. The lowest BCUT2D eigenvalue weighted by molar-refractivity contribution is -0.386. The second-order valence-corrected chi connectivity index (χ2v) is 4.80. The van der Waals surface area contributed by atoms with Crippen molar-refractivity contribution in [3.63, 3.8) is 0 Å². The molecule has 6 heteroatoms. The number of rotatable bonds is 3. The van der Waals surface area contributed by atoms with Crippen LogP contribution in [0.1, 0.15) is 5.56 Å². The third-order valence-electron chi connectivity index (χ3n) is 2.45. The van der Waals surface area contributed by atoms with Crippen molar-refractivity contribution in [1.82, 2.24) is 0 Å². The molecule has 2 aromatic carbocycles. The highest BCUT2D eigenvalue weighted by Gasteiger charge is 2.19. The van der Waals surface area contributed by atoms with Crippen molar-refractivity contribution in [3.8, 4) is 11.5 Å². The first-order valence-corrected chi connectivity index (χ1v) is 6.14. The Morgan fingerprint density at radius 1 is 1.32 bits per heavy atom. The van der Waals surface area contributed by atoms with Crippen molar-refractivity contribution in [2.45, 2.75) is 6.92 Å². The molecule has 19 heavy (non-hydrogen) atoms. The van der Waals surface area contributed by atoms with E-state index in [1.54, 1.807) is 19.1 Å². The van der Waals surface area contributed by atoms with Crippen LogP contribution in [0.4, 0.5) is 10.1 Å². The molecule has 0 radical (unpaired) electrons. The average molecular weight is 326 g/mol. The maximum Gasteiger partial charge on any atom is 0.314 e. The van der Waals surface area contributed by atoms with Crippen LogP contribution in [0.25, 0.3) is 0 Å². The fourth-order valence-electron chi connectivity index (χ4n) is 1.66. The minimum absolute atomic E-state index is 0.0856. The van der Waals surface area contributed by atoms with Crippen LogP contribution < -0.4 is 4.74 Å². The number of nitrogens with zero attached hydrogens (tertiary/aromatic N) is 1. The summed E-state index contributed by atoms with van der Waals surface area (Å²) < 4.78 is 19.1. The van der Waals surface area contributed by atoms with Crippen LogP contribution in [0.5, 0.6) is 11.5 Å². The molecule has 0 saturated carbocycles. The molecular formula is C13H9BrFNO3. The summed E-state index contributed by atoms with van der Waals surface area (Å²) in [7, 11) is 0. The quantitative estimate of drug-likeness (QED) is 0.612. The minimum Gasteiger partial charge on any atom is -0.450 e. The molecule has 0 heterocycles. The Morgan fingerprint density at radius 3 is 2.68 bits per heavy atom. The van der Waals surface area contributed by atoms with Gasteiger partial charge in [-0.1, -0.05) is 28.1 Å². The van der Waals surface area contributed by atoms with Gasteiger partial charge in [0.2, 0.25) is 5.75 Å². The van der Waals surface area contributed by atoms with Crippen molar-refractivity contribution in [2.24, 2.45) is 0 Å². The summed E-state index contributed by atoms with van der Waals surface area (Å²) in [5.41, 5.74) is 0.362. The standard InChI is InChI=1S/C13H9BrFNO3/c1-8-3-2-4-12(13(8)16(17)18)19-11-6-9(14)5-10(15)7-11/h2-7H,1H3. The fourth-order valence-corrected chi connectivity index (χ4v) is 2.11. The van der Waals surface area contributed by atoms with Crippen LogP contribution in [0, 0.1) is 22.9 Å². The van der Waals surface area contributed by atoms with Crippen LogP contribution in [0.2, 0.25) is 0 Å². The summed E-state index contributed by atoms with van der Waals surface area (Å²) in [5.74, 6) is -0.206. The van der Waals surface area contributed by atoms with Gasteiger partial charge in [-0.2, -0.15) is 0 Å². The van der Waals surface area contributed by atoms with Gasteiger partial charge < -0.3 is 4.74 Å². The Bertz CT molecular complexity index is 626. The van der Waals surface area contributed by atoms with E-state index in [2.05, 4.69) is 15.9 Å². The highest BCUT2D eigenvalue weighted by Crippen LogP contribution is 2.34. The normalized spacial score (nSPS) is 10.3. The van der Waals surface area contributed by atoms with E-state index in [9.17, 15) is 14.5 Å². The van der Waals surface area contributed by atoms with Crippen LogP contribution in [-0.2, 0) is 0 Å². The first-order chi connectivity index (χ1) is 8.97. The van der Waals surface area contributed by atoms with Gasteiger partial charge in [-0.05, 0) is 25.1 Å². The molecule has 2 rings (SSSR count). The molecule has 0 aliphatic carbocycles. The highest BCUT2D eigenvalue weighted by molar-refractivity contribution is 9.10. The summed E-state index contributed by atoms with van der Waals surface area (Å²) in [6.07, 6.45) is 0. The monoisotopic (exact) mass is 325 g/mol. The van der Waals surface area contributed by atoms with Gasteiger partial charge in [0.05, 0.1) is 4.92 Å². The van der Waals surface area contributed by atoms with Crippen LogP contribution in [-0.4, -0.2) is 4.92 Å². The van der Waals surface area contributed by atoms with E-state index in [-0.39, 0.29) is 17.2 Å². The van der Waals surface area contributed by atoms with Gasteiger partial charge in [-0.25, -0.2) is 4.39 Å². The Balaban J connectivity index is 2.43. The molecule has 0 aliphatic heterocycles. The molecule has 0 unspecified atom stereocenters. The zero-order valence-electron chi connectivity index (χ0n) is 9.89. The number of nitro groups is 1. The second-order valence-electron chi connectivity index (χ2n) is 3.89. The van der Waals surface area contributed by atoms with E-state index in [0.29, 0.717) is 10.0 Å². The Kier molecular flexibility index (Phi) is 3.80. The molecule has 0 fully saturated rings. The zero-order chi connectivity index (χ0) is 14.0. The Hall–Kier alpha value is -1.95. The Labute approximate surface area is 117 Å². The number of aryl methyl sites for hydroxylation is 1. The van der Waals surface area contributed by atoms with Crippen molar-refractivity contribution in [2.75, 3.05) is 0 Å². The van der Waals surface area contributed by atoms with Crippen LogP contribution in [0.15, 0.2) is 40.9 Å². The van der Waals surface area contributed by atoms with Gasteiger partial charge in [-0.3, -0.25) is 10.1 Å². The Morgan fingerprint density at radius 2 is 2.05 bits per heavy atom. The molecule has 4 nitrogen and oxygen atoms in total. The maximum absolute atomic E-state index is 13.2. The van der Waals surface area contributed by atoms with Crippen molar-refractivity contribution in [3.05, 3.63) is 62.4 Å². The summed E-state index contributed by atoms with van der Waals surface area (Å²) >= 11 is 3.13. The number of para-hydroxylation sites is 1. The summed E-state index contributed by atoms with van der Waals surface area (Å²) in [6.45, 7) is 1.62. The van der Waals surface area contributed by atoms with Gasteiger partial charge in [0.15, 0.2) is 0 Å². The zero-order valence-corrected chi connectivity index (χ0v) is 11.5. The van der Waals surface area contributed by atoms with Gasteiger partial charge in [0, 0.05) is 16.1 Å². The number of halogens is 2. The van der Waals surface area contributed by atoms with E-state index < -0.39 is 10.7 Å². The van der Waals surface area contributed by atoms with Gasteiger partial charge in [-0.15, -0.1) is 0 Å². The molecule has 0 amide bonds. The molecular weight excluding hydrogens is 317 g/mol. The summed E-state index contributed by atoms with van der Waals surface area (Å²) in [5, 5.41) is 11.0. The number of hydrogen-bond donors (Lipinski definition) is 0. The lowest BCUT2D eigenvalue weighted by Crippen LogP contribution is -1.96. The van der Waals surface area contributed by atoms with E-state index in [1.807, 2.05) is 0 Å². The van der Waals surface area contributed by atoms with E-state index >= 15 is 0 Å². The smallest absolute Gasteiger partial charge is 0.314 e. The predicted octanol–water partition coefficient (Wildman–Crippen LogP) is 4.60. The molecule has 2 aromatic rings. The second kappa shape index (κ2) is 5.36. The largest absolute Gasteiger partial charge is 0.450 e. The molecule has 0 aliphatic rings. The van der Waals surface area contributed by atoms with Crippen molar-refractivity contribution < 1.29 is 14.1 Å². The lowest BCUT2D eigenvalue weighted by atomic mass is 10.2. The molecule has 0 atom stereocenters. The maximum atomic E-state index is 13.2. The third-order valence-corrected chi connectivity index (χ3v) is 2.91. The first-order valence-electron chi connectivity index (χ1n) is 5.35. The third kappa shape index (κ3) is 3.08. The first kappa shape index (κ1) is 13.5. The van der Waals surface area contributed by atoms with Crippen LogP contribution >= 0.6 is 15.9 Å². The molecule has 0 spiro atoms. The topological polar surface area (TPSA) is 52.4 Å². The minimum atomic E-state index is -0.515. The molecule has 0 saturated heterocycles. The van der Waals surface area contributed by atoms with Gasteiger partial charge in [0.1, 0.15) is 11.6 Å². The molecule has 98 valence electrons. The SMILES string of the molecule is Cc1cccc(Oc2cc(F)cc(Br)c2)c1[N+](=O)[O-]. The average Bonchev–Trinajstić information content (AvgIpc) is 2.26. The van der Waals surface area contributed by atoms with Crippen LogP contribution in [0.3, 0.4) is 0 Å². The van der Waals surface area contributed by atoms with Gasteiger partial charge >= 0.3 is 5.69 Å². The number of benzene rings is 2. The highest BCUT2D eigenvalue weighted by atomic mass is 79.9. The predicted molar refractivity (Wildman–Crippen MR) is 72.0 cm³/mol. The van der Waals surface area contributed by atoms with E-state index in [1.165, 1.54) is 18.2 Å².